The summed E-state index contributed by atoms with van der Waals surface area (Å²) in [6.07, 6.45) is 2.74. The number of imidazole rings is 1. The lowest BCUT2D eigenvalue weighted by atomic mass is 10.0. The summed E-state index contributed by atoms with van der Waals surface area (Å²) in [4.78, 5) is 75.0. The highest BCUT2D eigenvalue weighted by molar-refractivity contribution is 5.95. The molecule has 1 aliphatic rings. The smallest absolute Gasteiger partial charge is 0.408 e. The van der Waals surface area contributed by atoms with Gasteiger partial charge in [-0.1, -0.05) is 44.2 Å². The van der Waals surface area contributed by atoms with E-state index in [0.29, 0.717) is 18.5 Å². The summed E-state index contributed by atoms with van der Waals surface area (Å²) in [5.74, 6) is 3.18. The van der Waals surface area contributed by atoms with Crippen LogP contribution in [0.25, 0.3) is 0 Å². The van der Waals surface area contributed by atoms with Crippen LogP contribution in [0.3, 0.4) is 0 Å². The fourth-order valence-electron chi connectivity index (χ4n) is 5.38. The summed E-state index contributed by atoms with van der Waals surface area (Å²) < 4.78 is 11.3. The number of H-pyrrole nitrogens is 1. The highest BCUT2D eigenvalue weighted by atomic mass is 16.6. The zero-order valence-corrected chi connectivity index (χ0v) is 28.6. The van der Waals surface area contributed by atoms with E-state index in [1.807, 2.05) is 44.2 Å². The molecule has 0 saturated carbocycles. The summed E-state index contributed by atoms with van der Waals surface area (Å²) in [5.41, 5.74) is 2.78. The van der Waals surface area contributed by atoms with Gasteiger partial charge in [0.1, 0.15) is 29.8 Å². The van der Waals surface area contributed by atoms with Crippen LogP contribution in [-0.4, -0.2) is 87.0 Å². The molecular weight excluding hydrogens is 620 g/mol. The van der Waals surface area contributed by atoms with Crippen molar-refractivity contribution in [1.29, 1.82) is 0 Å². The Labute approximate surface area is 281 Å². The van der Waals surface area contributed by atoms with E-state index in [1.165, 1.54) is 11.2 Å². The van der Waals surface area contributed by atoms with E-state index in [9.17, 15) is 24.0 Å². The van der Waals surface area contributed by atoms with Gasteiger partial charge in [0.25, 0.3) is 5.91 Å². The second-order valence-corrected chi connectivity index (χ2v) is 13.4. The second-order valence-electron chi connectivity index (χ2n) is 13.4. The molecule has 1 fully saturated rings. The summed E-state index contributed by atoms with van der Waals surface area (Å²) in [6.45, 7) is 11.1. The number of nitrogens with zero attached hydrogens (tertiary/aromatic N) is 2. The minimum Gasteiger partial charge on any atom is -0.444 e. The maximum atomic E-state index is 13.9. The molecule has 15 nitrogen and oxygen atoms in total. The predicted molar refractivity (Wildman–Crippen MR) is 177 cm³/mol. The molecular formula is C33H50N8O7. The quantitative estimate of drug-likeness (QED) is 0.0919. The monoisotopic (exact) mass is 670 g/mol. The number of aromatic amines is 1. The number of nitrogens with one attached hydrogen (secondary N) is 5. The largest absolute Gasteiger partial charge is 0.444 e. The molecule has 2 heterocycles. The topological polar surface area (TPSA) is 210 Å². The van der Waals surface area contributed by atoms with Crippen LogP contribution in [0.1, 0.15) is 72.1 Å². The normalized spacial score (nSPS) is 17.2. The molecule has 1 aromatic carbocycles. The molecule has 264 valence electrons. The Balaban J connectivity index is 1.74. The first kappa shape index (κ1) is 38.0. The number of rotatable bonds is 15. The molecule has 1 aliphatic heterocycles. The number of hydrazine groups is 1. The number of nitrogens with two attached hydrogens (primary N) is 1. The van der Waals surface area contributed by atoms with Crippen molar-refractivity contribution in [2.75, 3.05) is 6.54 Å². The summed E-state index contributed by atoms with van der Waals surface area (Å²) in [5, 5.41) is 8.16. The van der Waals surface area contributed by atoms with E-state index < -0.39 is 65.6 Å². The first-order chi connectivity index (χ1) is 22.7. The number of alkyl carbamates (subject to hydrolysis) is 1. The number of ether oxygens (including phenoxy) is 2. The first-order valence-corrected chi connectivity index (χ1v) is 16.2. The maximum Gasteiger partial charge on any atom is 0.408 e. The van der Waals surface area contributed by atoms with Crippen molar-refractivity contribution in [2.45, 2.75) is 110 Å². The fraction of sp³-hybridized carbons (Fsp3) is 0.576. The van der Waals surface area contributed by atoms with Crippen LogP contribution in [0, 0.1) is 5.92 Å². The van der Waals surface area contributed by atoms with Crippen LogP contribution in [0.5, 0.6) is 0 Å². The number of likely N-dealkylation sites (tertiary alicyclic amines) is 1. The summed E-state index contributed by atoms with van der Waals surface area (Å²) in [7, 11) is 0. The lowest BCUT2D eigenvalue weighted by Crippen LogP contribution is -2.60. The van der Waals surface area contributed by atoms with Gasteiger partial charge in [-0.05, 0) is 58.4 Å². The highest BCUT2D eigenvalue weighted by Gasteiger charge is 2.40. The van der Waals surface area contributed by atoms with E-state index in [1.54, 1.807) is 33.9 Å². The van der Waals surface area contributed by atoms with Gasteiger partial charge in [0, 0.05) is 24.9 Å². The molecule has 1 aromatic heterocycles. The number of carbonyl (C=O) groups excluding carboxylic acids is 5. The number of aromatic nitrogens is 2. The number of amides is 5. The minimum absolute atomic E-state index is 0.00674. The van der Waals surface area contributed by atoms with Crippen molar-refractivity contribution in [2.24, 2.45) is 11.8 Å². The highest BCUT2D eigenvalue weighted by Crippen LogP contribution is 2.21. The molecule has 0 spiro atoms. The Kier molecular flexibility index (Phi) is 13.9. The Bertz CT molecular complexity index is 1360. The van der Waals surface area contributed by atoms with Crippen LogP contribution >= 0.6 is 0 Å². The lowest BCUT2D eigenvalue weighted by molar-refractivity contribution is -0.141. The number of benzene rings is 1. The van der Waals surface area contributed by atoms with Gasteiger partial charge < -0.3 is 35.3 Å². The second kappa shape index (κ2) is 17.6. The minimum atomic E-state index is -1.15. The molecule has 0 unspecified atom stereocenters. The van der Waals surface area contributed by atoms with E-state index in [2.05, 4.69) is 31.3 Å². The number of hydrogen-bond acceptors (Lipinski definition) is 9. The third kappa shape index (κ3) is 11.6. The van der Waals surface area contributed by atoms with Gasteiger partial charge in [-0.25, -0.2) is 15.6 Å². The molecule has 7 N–H and O–H groups in total. The van der Waals surface area contributed by atoms with Gasteiger partial charge in [-0.3, -0.25) is 24.6 Å². The molecule has 48 heavy (non-hydrogen) atoms. The Hall–Kier alpha value is -4.50. The van der Waals surface area contributed by atoms with Gasteiger partial charge in [0.05, 0.1) is 19.0 Å². The molecule has 3 rings (SSSR count). The summed E-state index contributed by atoms with van der Waals surface area (Å²) >= 11 is 0. The number of carbonyl (C=O) groups is 5. The van der Waals surface area contributed by atoms with Crippen molar-refractivity contribution in [3.8, 4) is 0 Å². The molecule has 5 atom stereocenters. The Morgan fingerprint density at radius 1 is 1.02 bits per heavy atom. The third-order valence-electron chi connectivity index (χ3n) is 7.69. The molecule has 1 saturated heterocycles. The van der Waals surface area contributed by atoms with Crippen molar-refractivity contribution in [3.05, 3.63) is 54.1 Å². The molecule has 2 aromatic rings. The lowest BCUT2D eigenvalue weighted by Gasteiger charge is -2.31. The zero-order chi connectivity index (χ0) is 35.4. The van der Waals surface area contributed by atoms with Gasteiger partial charge in [-0.15, -0.1) is 0 Å². The Morgan fingerprint density at radius 2 is 1.73 bits per heavy atom. The van der Waals surface area contributed by atoms with Crippen molar-refractivity contribution >= 4 is 29.7 Å². The first-order valence-electron chi connectivity index (χ1n) is 16.2. The van der Waals surface area contributed by atoms with Crippen LogP contribution in [0.4, 0.5) is 4.79 Å². The Morgan fingerprint density at radius 3 is 2.33 bits per heavy atom. The van der Waals surface area contributed by atoms with E-state index in [0.717, 1.165) is 5.56 Å². The predicted octanol–water partition coefficient (Wildman–Crippen LogP) is 1.45. The number of hydrogen-bond donors (Lipinski definition) is 6. The van der Waals surface area contributed by atoms with Gasteiger partial charge >= 0.3 is 6.09 Å². The van der Waals surface area contributed by atoms with E-state index in [-0.39, 0.29) is 31.9 Å². The van der Waals surface area contributed by atoms with Gasteiger partial charge in [0.15, 0.2) is 0 Å². The van der Waals surface area contributed by atoms with Crippen LogP contribution in [0.2, 0.25) is 0 Å². The SMILES string of the molecule is CC(C)C[C@H](NC(=O)[C@@H]1CCCN1C(=O)[C@H](Cc1cnc[nH]1)NC(=O)OC(C)(C)C)C(=O)N[C@H](C(=O)NN)[C@@H](C)OCc1ccccc1. The van der Waals surface area contributed by atoms with Crippen molar-refractivity contribution in [3.63, 3.8) is 0 Å². The molecule has 0 aliphatic carbocycles. The van der Waals surface area contributed by atoms with Crippen LogP contribution in [-0.2, 0) is 41.7 Å². The van der Waals surface area contributed by atoms with Crippen molar-refractivity contribution < 1.29 is 33.4 Å². The average Bonchev–Trinajstić information content (AvgIpc) is 3.73. The molecule has 5 amide bonds. The van der Waals surface area contributed by atoms with E-state index >= 15 is 0 Å². The molecule has 15 heteroatoms. The van der Waals surface area contributed by atoms with E-state index in [4.69, 9.17) is 15.3 Å². The fourth-order valence-corrected chi connectivity index (χ4v) is 5.38. The average molecular weight is 671 g/mol. The standard InChI is InChI=1S/C33H50N8O7/c1-20(2)15-24(28(42)39-27(30(44)40-34)21(3)47-18-22-11-8-7-9-12-22)37-29(43)26-13-10-14-41(26)31(45)25(16-23-17-35-19-36-23)38-32(46)48-33(4,5)6/h7-9,11-12,17,19-21,24-27H,10,13-16,18,34H2,1-6H3,(H,35,36)(H,37,43)(H,38,46)(H,39,42)(H,40,44)/t21-,24+,25+,26+,27+/m1/s1. The molecule has 0 bridgehead atoms. The van der Waals surface area contributed by atoms with Crippen LogP contribution < -0.4 is 27.2 Å². The van der Waals surface area contributed by atoms with Gasteiger partial charge in [0.2, 0.25) is 17.7 Å². The third-order valence-corrected chi connectivity index (χ3v) is 7.69. The van der Waals surface area contributed by atoms with Crippen molar-refractivity contribution in [1.82, 2.24) is 36.2 Å². The maximum absolute atomic E-state index is 13.9. The molecule has 0 radical (unpaired) electrons. The van der Waals surface area contributed by atoms with Crippen LogP contribution in [0.15, 0.2) is 42.9 Å². The van der Waals surface area contributed by atoms with Gasteiger partial charge in [-0.2, -0.15) is 0 Å². The summed E-state index contributed by atoms with van der Waals surface area (Å²) in [6, 6.07) is 5.26. The zero-order valence-electron chi connectivity index (χ0n) is 28.6.